The van der Waals surface area contributed by atoms with Crippen LogP contribution >= 0.6 is 11.6 Å². The Kier molecular flexibility index (Phi) is 9.69. The van der Waals surface area contributed by atoms with E-state index in [1.165, 1.54) is 0 Å². The van der Waals surface area contributed by atoms with Crippen LogP contribution in [-0.2, 0) is 30.5 Å². The zero-order valence-electron chi connectivity index (χ0n) is 20.5. The molecule has 1 aromatic rings. The van der Waals surface area contributed by atoms with Crippen molar-refractivity contribution in [3.8, 4) is 0 Å². The highest BCUT2D eigenvalue weighted by Gasteiger charge is 2.37. The summed E-state index contributed by atoms with van der Waals surface area (Å²) in [5.74, 6) is -2.89. The number of nitrogens with one attached hydrogen (secondary N) is 4. The number of carbonyl (C=O) groups is 5. The minimum atomic E-state index is -1.19. The van der Waals surface area contributed by atoms with Crippen LogP contribution < -0.4 is 21.3 Å². The number of ether oxygens (including phenoxy) is 1. The van der Waals surface area contributed by atoms with Gasteiger partial charge >= 0.3 is 6.09 Å². The highest BCUT2D eigenvalue weighted by atomic mass is 35.5. The highest BCUT2D eigenvalue weighted by Crippen LogP contribution is 2.20. The van der Waals surface area contributed by atoms with E-state index < -0.39 is 41.7 Å². The smallest absolute Gasteiger partial charge is 0.408 e. The summed E-state index contributed by atoms with van der Waals surface area (Å²) in [6, 6.07) is 4.62. The SMILES string of the molecule is CC(C)C[C@H](NC(=O)OCc1cccc(Cl)c1)C(=O)N[C@@H](C[C@@H]1CCNC1=O)C(=O)C(=O)NC1CC1. The van der Waals surface area contributed by atoms with Crippen LogP contribution in [0.5, 0.6) is 0 Å². The van der Waals surface area contributed by atoms with E-state index in [1.807, 2.05) is 13.8 Å². The molecule has 3 atom stereocenters. The van der Waals surface area contributed by atoms with Crippen LogP contribution in [0.2, 0.25) is 5.02 Å². The van der Waals surface area contributed by atoms with Crippen molar-refractivity contribution in [1.29, 1.82) is 0 Å². The summed E-state index contributed by atoms with van der Waals surface area (Å²) in [5.41, 5.74) is 0.685. The molecule has 3 rings (SSSR count). The van der Waals surface area contributed by atoms with E-state index in [2.05, 4.69) is 21.3 Å². The largest absolute Gasteiger partial charge is 0.445 e. The van der Waals surface area contributed by atoms with E-state index in [4.69, 9.17) is 16.3 Å². The van der Waals surface area contributed by atoms with Crippen LogP contribution in [0.25, 0.3) is 0 Å². The van der Waals surface area contributed by atoms with Gasteiger partial charge in [0.25, 0.3) is 5.91 Å². The Morgan fingerprint density at radius 3 is 2.47 bits per heavy atom. The number of carbonyl (C=O) groups excluding carboxylic acids is 5. The molecule has 196 valence electrons. The summed E-state index contributed by atoms with van der Waals surface area (Å²) in [6.45, 7) is 4.20. The lowest BCUT2D eigenvalue weighted by Crippen LogP contribution is -2.55. The highest BCUT2D eigenvalue weighted by molar-refractivity contribution is 6.38. The molecule has 0 radical (unpaired) electrons. The van der Waals surface area contributed by atoms with Crippen LogP contribution in [0, 0.1) is 11.8 Å². The number of hydrogen-bond acceptors (Lipinski definition) is 6. The van der Waals surface area contributed by atoms with Gasteiger partial charge in [-0.2, -0.15) is 0 Å². The van der Waals surface area contributed by atoms with Crippen molar-refractivity contribution in [1.82, 2.24) is 21.3 Å². The average molecular weight is 521 g/mol. The van der Waals surface area contributed by atoms with E-state index in [1.54, 1.807) is 24.3 Å². The van der Waals surface area contributed by atoms with Crippen LogP contribution in [0.3, 0.4) is 0 Å². The molecule has 1 aliphatic heterocycles. The maximum absolute atomic E-state index is 13.2. The minimum Gasteiger partial charge on any atom is -0.445 e. The second-order valence-electron chi connectivity index (χ2n) is 9.72. The number of rotatable bonds is 12. The number of hydrogen-bond donors (Lipinski definition) is 4. The zero-order chi connectivity index (χ0) is 26.2. The second-order valence-corrected chi connectivity index (χ2v) is 10.2. The molecule has 11 heteroatoms. The van der Waals surface area contributed by atoms with Gasteiger partial charge in [0.05, 0.1) is 6.04 Å². The Hall–Kier alpha value is -3.14. The molecule has 1 aliphatic carbocycles. The van der Waals surface area contributed by atoms with Gasteiger partial charge in [0.1, 0.15) is 12.6 Å². The van der Waals surface area contributed by atoms with Gasteiger partial charge in [-0.15, -0.1) is 0 Å². The molecule has 1 heterocycles. The van der Waals surface area contributed by atoms with Gasteiger partial charge in [-0.05, 0) is 55.7 Å². The quantitative estimate of drug-likeness (QED) is 0.310. The van der Waals surface area contributed by atoms with Crippen molar-refractivity contribution in [2.24, 2.45) is 11.8 Å². The van der Waals surface area contributed by atoms with E-state index in [9.17, 15) is 24.0 Å². The maximum Gasteiger partial charge on any atom is 0.408 e. The Bertz CT molecular complexity index is 997. The molecule has 0 unspecified atom stereocenters. The molecule has 2 fully saturated rings. The first-order valence-electron chi connectivity index (χ1n) is 12.2. The standard InChI is InChI=1S/C25H33ClN4O6/c1-14(2)10-20(30-25(35)36-13-15-4-3-5-17(26)11-15)23(33)29-19(12-16-8-9-27-22(16)32)21(31)24(34)28-18-6-7-18/h3-5,11,14,16,18-20H,6-10,12-13H2,1-2H3,(H,27,32)(H,28,34)(H,29,33)(H,30,35)/t16-,19-,20-/m0/s1. The normalized spacial score (nSPS) is 18.7. The van der Waals surface area contributed by atoms with E-state index in [0.717, 1.165) is 12.8 Å². The third-order valence-corrected chi connectivity index (χ3v) is 6.26. The maximum atomic E-state index is 13.2. The van der Waals surface area contributed by atoms with Gasteiger partial charge in [-0.3, -0.25) is 19.2 Å². The van der Waals surface area contributed by atoms with E-state index in [-0.39, 0.29) is 37.3 Å². The molecule has 0 spiro atoms. The molecule has 0 bridgehead atoms. The van der Waals surface area contributed by atoms with E-state index in [0.29, 0.717) is 23.6 Å². The Labute approximate surface area is 215 Å². The van der Waals surface area contributed by atoms with Crippen LogP contribution in [0.1, 0.15) is 51.5 Å². The topological polar surface area (TPSA) is 143 Å². The minimum absolute atomic E-state index is 0.00209. The number of Topliss-reactive ketones (excluding diaryl/α,β-unsaturated/α-hetero) is 1. The number of benzene rings is 1. The van der Waals surface area contributed by atoms with Crippen molar-refractivity contribution in [3.63, 3.8) is 0 Å². The van der Waals surface area contributed by atoms with Gasteiger partial charge in [-0.1, -0.05) is 37.6 Å². The fourth-order valence-electron chi connectivity index (χ4n) is 3.96. The molecular formula is C25H33ClN4O6. The average Bonchev–Trinajstić information content (AvgIpc) is 3.55. The van der Waals surface area contributed by atoms with Gasteiger partial charge < -0.3 is 26.0 Å². The molecular weight excluding hydrogens is 488 g/mol. The van der Waals surface area contributed by atoms with Crippen molar-refractivity contribution in [3.05, 3.63) is 34.9 Å². The number of halogens is 1. The lowest BCUT2D eigenvalue weighted by molar-refractivity contribution is -0.141. The molecule has 1 saturated carbocycles. The van der Waals surface area contributed by atoms with Crippen LogP contribution in [-0.4, -0.2) is 54.3 Å². The number of ketones is 1. The first-order valence-corrected chi connectivity index (χ1v) is 12.6. The first kappa shape index (κ1) is 27.4. The molecule has 0 aromatic heterocycles. The number of amides is 4. The second kappa shape index (κ2) is 12.7. The summed E-state index contributed by atoms with van der Waals surface area (Å²) in [4.78, 5) is 63.1. The predicted molar refractivity (Wildman–Crippen MR) is 132 cm³/mol. The monoisotopic (exact) mass is 520 g/mol. The molecule has 4 N–H and O–H groups in total. The zero-order valence-corrected chi connectivity index (χ0v) is 21.2. The van der Waals surface area contributed by atoms with Gasteiger partial charge in [0.2, 0.25) is 17.6 Å². The Balaban J connectivity index is 1.65. The van der Waals surface area contributed by atoms with E-state index >= 15 is 0 Å². The third-order valence-electron chi connectivity index (χ3n) is 6.03. The van der Waals surface area contributed by atoms with Gasteiger partial charge in [-0.25, -0.2) is 4.79 Å². The van der Waals surface area contributed by atoms with Crippen LogP contribution in [0.15, 0.2) is 24.3 Å². The Morgan fingerprint density at radius 1 is 1.11 bits per heavy atom. The summed E-state index contributed by atoms with van der Waals surface area (Å²) in [5, 5.41) is 11.0. The van der Waals surface area contributed by atoms with Gasteiger partial charge in [0.15, 0.2) is 0 Å². The van der Waals surface area contributed by atoms with Crippen molar-refractivity contribution in [2.75, 3.05) is 6.54 Å². The van der Waals surface area contributed by atoms with Crippen molar-refractivity contribution >= 4 is 41.2 Å². The number of alkyl carbamates (subject to hydrolysis) is 1. The molecule has 4 amide bonds. The fraction of sp³-hybridized carbons (Fsp3) is 0.560. The molecule has 2 aliphatic rings. The lowest BCUT2D eigenvalue weighted by Gasteiger charge is -2.24. The molecule has 36 heavy (non-hydrogen) atoms. The third kappa shape index (κ3) is 8.51. The Morgan fingerprint density at radius 2 is 1.86 bits per heavy atom. The summed E-state index contributed by atoms with van der Waals surface area (Å²) in [7, 11) is 0. The van der Waals surface area contributed by atoms with Gasteiger partial charge in [0, 0.05) is 23.5 Å². The first-order chi connectivity index (χ1) is 17.1. The molecule has 1 aromatic carbocycles. The lowest BCUT2D eigenvalue weighted by atomic mass is 9.94. The summed E-state index contributed by atoms with van der Waals surface area (Å²) in [6.07, 6.45) is 1.59. The molecule has 10 nitrogen and oxygen atoms in total. The van der Waals surface area contributed by atoms with Crippen LogP contribution in [0.4, 0.5) is 4.79 Å². The summed E-state index contributed by atoms with van der Waals surface area (Å²) >= 11 is 5.95. The fourth-order valence-corrected chi connectivity index (χ4v) is 4.18. The van der Waals surface area contributed by atoms with Crippen molar-refractivity contribution in [2.45, 2.75) is 70.7 Å². The molecule has 1 saturated heterocycles. The summed E-state index contributed by atoms with van der Waals surface area (Å²) < 4.78 is 5.24. The van der Waals surface area contributed by atoms with Crippen molar-refractivity contribution < 1.29 is 28.7 Å². The predicted octanol–water partition coefficient (Wildman–Crippen LogP) is 1.84.